The zero-order chi connectivity index (χ0) is 22.1. The molecule has 0 radical (unpaired) electrons. The number of hydrogen-bond acceptors (Lipinski definition) is 4. The first-order chi connectivity index (χ1) is 14.1. The van der Waals surface area contributed by atoms with Gasteiger partial charge in [0.05, 0.1) is 21.5 Å². The molecule has 1 aliphatic heterocycles. The molecule has 1 N–H and O–H groups in total. The number of benzene rings is 2. The molecule has 0 saturated carbocycles. The molecule has 162 valence electrons. The van der Waals surface area contributed by atoms with E-state index in [1.165, 1.54) is 22.5 Å². The molecule has 2 aromatic rings. The molecule has 6 nitrogen and oxygen atoms in total. The summed E-state index contributed by atoms with van der Waals surface area (Å²) in [5.41, 5.74) is 3.35. The maximum Gasteiger partial charge on any atom is 0.253 e. The molecule has 2 aromatic carbocycles. The van der Waals surface area contributed by atoms with Crippen molar-refractivity contribution < 1.29 is 13.2 Å². The Morgan fingerprint density at radius 1 is 1.07 bits per heavy atom. The number of nitrogens with one attached hydrogen (secondary N) is 1. The Kier molecular flexibility index (Phi) is 6.87. The van der Waals surface area contributed by atoms with E-state index in [9.17, 15) is 13.2 Å². The third-order valence-electron chi connectivity index (χ3n) is 5.53. The standard InChI is InChI=1S/C22H28ClN3O3S/c1-15-5-6-16(2)19(13-15)17(3)24-22(27)20-14-18(7-8-21(20)23)30(28,29)26-11-9-25(4)10-12-26/h5-8,13-14,17H,9-12H2,1-4H3,(H,24,27). The zero-order valence-electron chi connectivity index (χ0n) is 17.8. The van der Waals surface area contributed by atoms with Crippen LogP contribution in [0.15, 0.2) is 41.3 Å². The zero-order valence-corrected chi connectivity index (χ0v) is 19.3. The van der Waals surface area contributed by atoms with Crippen molar-refractivity contribution in [3.8, 4) is 0 Å². The summed E-state index contributed by atoms with van der Waals surface area (Å²) in [6.07, 6.45) is 0. The van der Waals surface area contributed by atoms with Crippen molar-refractivity contribution in [1.82, 2.24) is 14.5 Å². The van der Waals surface area contributed by atoms with E-state index in [-0.39, 0.29) is 21.5 Å². The Hall–Kier alpha value is -1.93. The number of nitrogens with zero attached hydrogens (tertiary/aromatic N) is 2. The van der Waals surface area contributed by atoms with Crippen LogP contribution < -0.4 is 5.32 Å². The number of amides is 1. The van der Waals surface area contributed by atoms with Crippen molar-refractivity contribution in [2.75, 3.05) is 33.2 Å². The summed E-state index contributed by atoms with van der Waals surface area (Å²) >= 11 is 6.26. The van der Waals surface area contributed by atoms with Crippen molar-refractivity contribution in [1.29, 1.82) is 0 Å². The van der Waals surface area contributed by atoms with Crippen LogP contribution in [-0.2, 0) is 10.0 Å². The molecule has 30 heavy (non-hydrogen) atoms. The van der Waals surface area contributed by atoms with Crippen LogP contribution in [-0.4, -0.2) is 56.8 Å². The fourth-order valence-corrected chi connectivity index (χ4v) is 5.25. The summed E-state index contributed by atoms with van der Waals surface area (Å²) in [6.45, 7) is 8.09. The molecule has 1 fully saturated rings. The number of carbonyl (C=O) groups excluding carboxylic acids is 1. The van der Waals surface area contributed by atoms with E-state index in [0.29, 0.717) is 26.2 Å². The Balaban J connectivity index is 1.84. The summed E-state index contributed by atoms with van der Waals surface area (Å²) in [6, 6.07) is 10.1. The van der Waals surface area contributed by atoms with Gasteiger partial charge in [0.25, 0.3) is 5.91 Å². The third kappa shape index (κ3) is 4.86. The second-order valence-electron chi connectivity index (χ2n) is 7.90. The van der Waals surface area contributed by atoms with Gasteiger partial charge < -0.3 is 10.2 Å². The van der Waals surface area contributed by atoms with Gasteiger partial charge in [0.1, 0.15) is 0 Å². The minimum atomic E-state index is -3.68. The van der Waals surface area contributed by atoms with E-state index < -0.39 is 15.9 Å². The molecule has 0 spiro atoms. The highest BCUT2D eigenvalue weighted by molar-refractivity contribution is 7.89. The van der Waals surface area contributed by atoms with Crippen LogP contribution in [0.25, 0.3) is 0 Å². The molecule has 1 saturated heterocycles. The van der Waals surface area contributed by atoms with E-state index in [1.54, 1.807) is 0 Å². The Morgan fingerprint density at radius 2 is 1.73 bits per heavy atom. The molecule has 0 bridgehead atoms. The minimum Gasteiger partial charge on any atom is -0.345 e. The van der Waals surface area contributed by atoms with Crippen LogP contribution in [0, 0.1) is 13.8 Å². The van der Waals surface area contributed by atoms with Gasteiger partial charge >= 0.3 is 0 Å². The quantitative estimate of drug-likeness (QED) is 0.759. The van der Waals surface area contributed by atoms with E-state index in [2.05, 4.69) is 10.2 Å². The normalized spacial score (nSPS) is 17.0. The summed E-state index contributed by atoms with van der Waals surface area (Å²) in [5.74, 6) is -0.399. The van der Waals surface area contributed by atoms with Crippen molar-refractivity contribution >= 4 is 27.5 Å². The molecule has 1 aliphatic rings. The van der Waals surface area contributed by atoms with Crippen LogP contribution >= 0.6 is 11.6 Å². The molecule has 0 aliphatic carbocycles. The fraction of sp³-hybridized carbons (Fsp3) is 0.409. The number of hydrogen-bond donors (Lipinski definition) is 1. The lowest BCUT2D eigenvalue weighted by Crippen LogP contribution is -2.47. The lowest BCUT2D eigenvalue weighted by atomic mass is 10.00. The van der Waals surface area contributed by atoms with E-state index in [4.69, 9.17) is 11.6 Å². The van der Waals surface area contributed by atoms with E-state index in [1.807, 2.05) is 46.0 Å². The second kappa shape index (κ2) is 9.06. The number of rotatable bonds is 5. The molecular weight excluding hydrogens is 422 g/mol. The average Bonchev–Trinajstić information content (AvgIpc) is 2.70. The number of sulfonamides is 1. The van der Waals surface area contributed by atoms with Crippen LogP contribution in [0.4, 0.5) is 0 Å². The number of carbonyl (C=O) groups is 1. The van der Waals surface area contributed by atoms with Gasteiger partial charge in [0, 0.05) is 26.2 Å². The lowest BCUT2D eigenvalue weighted by molar-refractivity contribution is 0.0939. The number of piperazine rings is 1. The van der Waals surface area contributed by atoms with E-state index in [0.717, 1.165) is 16.7 Å². The molecule has 1 amide bonds. The fourth-order valence-electron chi connectivity index (χ4n) is 3.59. The summed E-state index contributed by atoms with van der Waals surface area (Å²) in [4.78, 5) is 15.1. The first-order valence-electron chi connectivity index (χ1n) is 9.96. The molecule has 1 unspecified atom stereocenters. The van der Waals surface area contributed by atoms with Gasteiger partial charge in [-0.25, -0.2) is 8.42 Å². The lowest BCUT2D eigenvalue weighted by Gasteiger charge is -2.31. The highest BCUT2D eigenvalue weighted by Gasteiger charge is 2.28. The Labute approximate surface area is 183 Å². The first-order valence-corrected chi connectivity index (χ1v) is 11.8. The van der Waals surface area contributed by atoms with Gasteiger partial charge in [-0.15, -0.1) is 0 Å². The van der Waals surface area contributed by atoms with Gasteiger partial charge in [0.2, 0.25) is 10.0 Å². The topological polar surface area (TPSA) is 69.7 Å². The van der Waals surface area contributed by atoms with Crippen LogP contribution in [0.1, 0.15) is 40.0 Å². The molecule has 3 rings (SSSR count). The SMILES string of the molecule is Cc1ccc(C)c(C(C)NC(=O)c2cc(S(=O)(=O)N3CCN(C)CC3)ccc2Cl)c1. The number of halogens is 1. The Morgan fingerprint density at radius 3 is 2.40 bits per heavy atom. The summed E-state index contributed by atoms with van der Waals surface area (Å²) in [5, 5.41) is 3.17. The minimum absolute atomic E-state index is 0.0843. The monoisotopic (exact) mass is 449 g/mol. The molecule has 1 atom stereocenters. The molecular formula is C22H28ClN3O3S. The van der Waals surface area contributed by atoms with Gasteiger partial charge in [-0.2, -0.15) is 4.31 Å². The van der Waals surface area contributed by atoms with Crippen molar-refractivity contribution in [3.63, 3.8) is 0 Å². The highest BCUT2D eigenvalue weighted by Crippen LogP contribution is 2.25. The van der Waals surface area contributed by atoms with Crippen molar-refractivity contribution in [3.05, 3.63) is 63.7 Å². The third-order valence-corrected chi connectivity index (χ3v) is 7.76. The highest BCUT2D eigenvalue weighted by atomic mass is 35.5. The predicted octanol–water partition coefficient (Wildman–Crippen LogP) is 3.38. The average molecular weight is 450 g/mol. The van der Waals surface area contributed by atoms with Gasteiger partial charge in [-0.05, 0) is 57.1 Å². The van der Waals surface area contributed by atoms with Crippen molar-refractivity contribution in [2.45, 2.75) is 31.7 Å². The van der Waals surface area contributed by atoms with E-state index >= 15 is 0 Å². The largest absolute Gasteiger partial charge is 0.345 e. The smallest absolute Gasteiger partial charge is 0.253 e. The van der Waals surface area contributed by atoms with Gasteiger partial charge in [-0.3, -0.25) is 4.79 Å². The van der Waals surface area contributed by atoms with Crippen LogP contribution in [0.2, 0.25) is 5.02 Å². The second-order valence-corrected chi connectivity index (χ2v) is 10.2. The molecule has 0 aromatic heterocycles. The van der Waals surface area contributed by atoms with Gasteiger partial charge in [-0.1, -0.05) is 35.4 Å². The van der Waals surface area contributed by atoms with Crippen molar-refractivity contribution in [2.24, 2.45) is 0 Å². The molecule has 8 heteroatoms. The van der Waals surface area contributed by atoms with Crippen LogP contribution in [0.5, 0.6) is 0 Å². The molecule has 1 heterocycles. The summed E-state index contributed by atoms with van der Waals surface area (Å²) < 4.78 is 27.5. The van der Waals surface area contributed by atoms with Gasteiger partial charge in [0.15, 0.2) is 0 Å². The predicted molar refractivity (Wildman–Crippen MR) is 120 cm³/mol. The number of aryl methyl sites for hydroxylation is 2. The maximum atomic E-state index is 13.0. The number of likely N-dealkylation sites (N-methyl/N-ethyl adjacent to an activating group) is 1. The van der Waals surface area contributed by atoms with Crippen LogP contribution in [0.3, 0.4) is 0 Å². The first kappa shape index (κ1) is 22.7. The summed E-state index contributed by atoms with van der Waals surface area (Å²) in [7, 11) is -1.72. The maximum absolute atomic E-state index is 13.0. The Bertz CT molecular complexity index is 1050.